The fourth-order valence-electron chi connectivity index (χ4n) is 4.46. The van der Waals surface area contributed by atoms with E-state index in [1.165, 1.54) is 0 Å². The van der Waals surface area contributed by atoms with Crippen LogP contribution in [-0.2, 0) is 0 Å². The summed E-state index contributed by atoms with van der Waals surface area (Å²) >= 11 is 0. The second-order valence-corrected chi connectivity index (χ2v) is 9.62. The van der Waals surface area contributed by atoms with E-state index >= 15 is 0 Å². The molecule has 2 heterocycles. The van der Waals surface area contributed by atoms with Crippen molar-refractivity contribution < 1.29 is 13.9 Å². The number of carbonyl (C=O) groups excluding carboxylic acids is 1. The van der Waals surface area contributed by atoms with Gasteiger partial charge in [0.1, 0.15) is 5.75 Å². The molecule has 8 nitrogen and oxygen atoms in total. The Labute approximate surface area is 211 Å². The second kappa shape index (κ2) is 10.4. The van der Waals surface area contributed by atoms with Crippen molar-refractivity contribution in [2.24, 2.45) is 11.8 Å². The highest BCUT2D eigenvalue weighted by molar-refractivity contribution is 5.94. The summed E-state index contributed by atoms with van der Waals surface area (Å²) in [5.41, 5.74) is 4.78. The van der Waals surface area contributed by atoms with Crippen LogP contribution < -0.4 is 10.1 Å². The standard InChI is InChI=1S/C28H33N5O3/c1-16(2)24(17(3)4)29-27(34)21-8-12-22(13-9-21)33-26(20-10-14-23(35-7)15-11-20)18(5)25(32-33)28-31-30-19(6)36-28/h8-17,24H,1-7H3,(H,29,34). The molecule has 4 aromatic rings. The van der Waals surface area contributed by atoms with E-state index in [9.17, 15) is 4.79 Å². The number of rotatable bonds is 8. The number of aryl methyl sites for hydroxylation is 1. The molecule has 36 heavy (non-hydrogen) atoms. The van der Waals surface area contributed by atoms with Crippen LogP contribution in [0.5, 0.6) is 5.75 Å². The van der Waals surface area contributed by atoms with Crippen LogP contribution in [0.2, 0.25) is 0 Å². The van der Waals surface area contributed by atoms with Gasteiger partial charge < -0.3 is 14.5 Å². The number of benzene rings is 2. The first kappa shape index (κ1) is 25.2. The number of carbonyl (C=O) groups is 1. The van der Waals surface area contributed by atoms with Gasteiger partial charge in [-0.15, -0.1) is 10.2 Å². The summed E-state index contributed by atoms with van der Waals surface area (Å²) in [7, 11) is 1.64. The van der Waals surface area contributed by atoms with Gasteiger partial charge in [-0.1, -0.05) is 27.7 Å². The lowest BCUT2D eigenvalue weighted by Gasteiger charge is -2.26. The maximum Gasteiger partial charge on any atom is 0.268 e. The van der Waals surface area contributed by atoms with Crippen molar-refractivity contribution >= 4 is 5.91 Å². The number of methoxy groups -OCH3 is 1. The van der Waals surface area contributed by atoms with Crippen LogP contribution in [0, 0.1) is 25.7 Å². The summed E-state index contributed by atoms with van der Waals surface area (Å²) in [6.45, 7) is 12.2. The summed E-state index contributed by atoms with van der Waals surface area (Å²) in [6, 6.07) is 15.4. The first-order chi connectivity index (χ1) is 17.2. The van der Waals surface area contributed by atoms with Crippen molar-refractivity contribution in [1.29, 1.82) is 0 Å². The summed E-state index contributed by atoms with van der Waals surface area (Å²) in [5.74, 6) is 2.22. The smallest absolute Gasteiger partial charge is 0.268 e. The number of hydrogen-bond donors (Lipinski definition) is 1. The molecule has 0 bridgehead atoms. The van der Waals surface area contributed by atoms with Crippen LogP contribution in [-0.4, -0.2) is 39.0 Å². The first-order valence-corrected chi connectivity index (χ1v) is 12.2. The minimum Gasteiger partial charge on any atom is -0.497 e. The van der Waals surface area contributed by atoms with Crippen LogP contribution in [0.1, 0.15) is 49.5 Å². The molecule has 2 aromatic heterocycles. The average molecular weight is 488 g/mol. The molecule has 0 saturated carbocycles. The number of nitrogens with zero attached hydrogens (tertiary/aromatic N) is 4. The molecule has 0 fully saturated rings. The molecule has 0 aliphatic carbocycles. The third-order valence-corrected chi connectivity index (χ3v) is 6.32. The maximum absolute atomic E-state index is 12.9. The van der Waals surface area contributed by atoms with Gasteiger partial charge in [-0.2, -0.15) is 5.10 Å². The predicted octanol–water partition coefficient (Wildman–Crippen LogP) is 5.63. The molecule has 0 unspecified atom stereocenters. The third kappa shape index (κ3) is 5.03. The lowest BCUT2D eigenvalue weighted by molar-refractivity contribution is 0.0910. The van der Waals surface area contributed by atoms with Gasteiger partial charge in [0, 0.05) is 29.7 Å². The van der Waals surface area contributed by atoms with Crippen LogP contribution in [0.4, 0.5) is 0 Å². The molecule has 0 aliphatic rings. The highest BCUT2D eigenvalue weighted by Gasteiger charge is 2.23. The lowest BCUT2D eigenvalue weighted by atomic mass is 9.93. The van der Waals surface area contributed by atoms with Crippen LogP contribution >= 0.6 is 0 Å². The Morgan fingerprint density at radius 3 is 2.11 bits per heavy atom. The SMILES string of the molecule is COc1ccc(-c2c(C)c(-c3nnc(C)o3)nn2-c2ccc(C(=O)NC(C(C)C)C(C)C)cc2)cc1. The van der Waals surface area contributed by atoms with E-state index < -0.39 is 0 Å². The van der Waals surface area contributed by atoms with Gasteiger partial charge in [-0.25, -0.2) is 4.68 Å². The topological polar surface area (TPSA) is 95.1 Å². The van der Waals surface area contributed by atoms with Gasteiger partial charge in [-0.05, 0) is 67.3 Å². The average Bonchev–Trinajstić information content (AvgIpc) is 3.44. The molecule has 188 valence electrons. The number of aromatic nitrogens is 4. The lowest BCUT2D eigenvalue weighted by Crippen LogP contribution is -2.42. The summed E-state index contributed by atoms with van der Waals surface area (Å²) in [6.07, 6.45) is 0. The molecule has 0 radical (unpaired) electrons. The Hall–Kier alpha value is -3.94. The maximum atomic E-state index is 12.9. The number of hydrogen-bond acceptors (Lipinski definition) is 6. The fraction of sp³-hybridized carbons (Fsp3) is 0.357. The van der Waals surface area contributed by atoms with Crippen molar-refractivity contribution in [3.63, 3.8) is 0 Å². The van der Waals surface area contributed by atoms with Gasteiger partial charge in [0.25, 0.3) is 11.8 Å². The highest BCUT2D eigenvalue weighted by atomic mass is 16.5. The quantitative estimate of drug-likeness (QED) is 0.346. The summed E-state index contributed by atoms with van der Waals surface area (Å²) in [5, 5.41) is 16.2. The largest absolute Gasteiger partial charge is 0.497 e. The zero-order chi connectivity index (χ0) is 26.0. The molecule has 1 N–H and O–H groups in total. The summed E-state index contributed by atoms with van der Waals surface area (Å²) < 4.78 is 12.9. The summed E-state index contributed by atoms with van der Waals surface area (Å²) in [4.78, 5) is 12.9. The Bertz CT molecular complexity index is 1330. The predicted molar refractivity (Wildman–Crippen MR) is 139 cm³/mol. The van der Waals surface area contributed by atoms with E-state index in [-0.39, 0.29) is 11.9 Å². The van der Waals surface area contributed by atoms with Crippen LogP contribution in [0.25, 0.3) is 28.5 Å². The fourth-order valence-corrected chi connectivity index (χ4v) is 4.46. The molecular formula is C28H33N5O3. The second-order valence-electron chi connectivity index (χ2n) is 9.62. The molecule has 0 atom stereocenters. The van der Waals surface area contributed by atoms with E-state index in [2.05, 4.69) is 43.2 Å². The van der Waals surface area contributed by atoms with E-state index in [1.807, 2.05) is 60.1 Å². The zero-order valence-electron chi connectivity index (χ0n) is 21.9. The molecular weight excluding hydrogens is 454 g/mol. The molecule has 0 spiro atoms. The van der Waals surface area contributed by atoms with Crippen LogP contribution in [0.15, 0.2) is 52.9 Å². The van der Waals surface area contributed by atoms with Crippen LogP contribution in [0.3, 0.4) is 0 Å². The Balaban J connectivity index is 1.73. The van der Waals surface area contributed by atoms with Gasteiger partial charge in [-0.3, -0.25) is 4.79 Å². The molecule has 0 saturated heterocycles. The first-order valence-electron chi connectivity index (χ1n) is 12.2. The van der Waals surface area contributed by atoms with E-state index in [0.29, 0.717) is 34.9 Å². The van der Waals surface area contributed by atoms with E-state index in [0.717, 1.165) is 28.3 Å². The molecule has 2 aromatic carbocycles. The Morgan fingerprint density at radius 1 is 0.944 bits per heavy atom. The van der Waals surface area contributed by atoms with Gasteiger partial charge in [0.2, 0.25) is 5.89 Å². The van der Waals surface area contributed by atoms with E-state index in [4.69, 9.17) is 14.3 Å². The number of amides is 1. The van der Waals surface area contributed by atoms with Crippen molar-refractivity contribution in [3.8, 4) is 34.3 Å². The highest BCUT2D eigenvalue weighted by Crippen LogP contribution is 2.34. The van der Waals surface area contributed by atoms with Crippen molar-refractivity contribution in [2.45, 2.75) is 47.6 Å². The van der Waals surface area contributed by atoms with Crippen molar-refractivity contribution in [2.75, 3.05) is 7.11 Å². The Morgan fingerprint density at radius 2 is 1.58 bits per heavy atom. The minimum absolute atomic E-state index is 0.0806. The molecule has 1 amide bonds. The van der Waals surface area contributed by atoms with Gasteiger partial charge >= 0.3 is 0 Å². The van der Waals surface area contributed by atoms with Gasteiger partial charge in [0.15, 0.2) is 5.69 Å². The van der Waals surface area contributed by atoms with Crippen molar-refractivity contribution in [1.82, 2.24) is 25.3 Å². The van der Waals surface area contributed by atoms with Crippen molar-refractivity contribution in [3.05, 3.63) is 65.5 Å². The third-order valence-electron chi connectivity index (χ3n) is 6.32. The van der Waals surface area contributed by atoms with E-state index in [1.54, 1.807) is 14.0 Å². The number of ether oxygens (including phenoxy) is 1. The number of nitrogens with one attached hydrogen (secondary N) is 1. The normalized spacial score (nSPS) is 11.5. The molecule has 8 heteroatoms. The monoisotopic (exact) mass is 487 g/mol. The minimum atomic E-state index is -0.0806. The van der Waals surface area contributed by atoms with Gasteiger partial charge in [0.05, 0.1) is 18.5 Å². The molecule has 4 rings (SSSR count). The molecule has 0 aliphatic heterocycles. The zero-order valence-corrected chi connectivity index (χ0v) is 21.9. The Kier molecular flexibility index (Phi) is 7.24.